The molecular formula is C13H18FNO. The van der Waals surface area contributed by atoms with Crippen molar-refractivity contribution in [2.45, 2.75) is 44.8 Å². The van der Waals surface area contributed by atoms with Crippen LogP contribution in [0, 0.1) is 5.82 Å². The van der Waals surface area contributed by atoms with E-state index >= 15 is 0 Å². The Morgan fingerprint density at radius 1 is 1.38 bits per heavy atom. The molecule has 1 aliphatic rings. The molecule has 0 saturated heterocycles. The summed E-state index contributed by atoms with van der Waals surface area (Å²) >= 11 is 0. The van der Waals surface area contributed by atoms with Crippen molar-refractivity contribution in [2.24, 2.45) is 5.73 Å². The molecule has 0 heterocycles. The third kappa shape index (κ3) is 2.53. The van der Waals surface area contributed by atoms with Crippen LogP contribution in [0.3, 0.4) is 0 Å². The fraction of sp³-hybridized carbons (Fsp3) is 0.538. The van der Waals surface area contributed by atoms with Gasteiger partial charge in [-0.1, -0.05) is 0 Å². The number of nitrogens with two attached hydrogens (primary N) is 1. The summed E-state index contributed by atoms with van der Waals surface area (Å²) < 4.78 is 19.0. The summed E-state index contributed by atoms with van der Waals surface area (Å²) in [6.07, 6.45) is 4.91. The molecule has 88 valence electrons. The van der Waals surface area contributed by atoms with Crippen molar-refractivity contribution in [3.05, 3.63) is 29.6 Å². The second kappa shape index (κ2) is 4.83. The fourth-order valence-electron chi connectivity index (χ4n) is 2.17. The van der Waals surface area contributed by atoms with Crippen molar-refractivity contribution in [3.63, 3.8) is 0 Å². The van der Waals surface area contributed by atoms with Gasteiger partial charge < -0.3 is 10.5 Å². The zero-order valence-electron chi connectivity index (χ0n) is 9.58. The molecule has 2 N–H and O–H groups in total. The summed E-state index contributed by atoms with van der Waals surface area (Å²) in [5.41, 5.74) is 6.57. The minimum Gasteiger partial charge on any atom is -0.490 e. The molecule has 0 aromatic heterocycles. The number of ether oxygens (including phenoxy) is 1. The van der Waals surface area contributed by atoms with Crippen LogP contribution < -0.4 is 10.5 Å². The van der Waals surface area contributed by atoms with E-state index in [0.29, 0.717) is 0 Å². The molecule has 1 aromatic carbocycles. The van der Waals surface area contributed by atoms with Crippen molar-refractivity contribution in [2.75, 3.05) is 0 Å². The molecule has 1 saturated carbocycles. The summed E-state index contributed by atoms with van der Waals surface area (Å²) in [6.45, 7) is 1.84. The third-order valence-corrected chi connectivity index (χ3v) is 3.06. The maximum Gasteiger partial charge on any atom is 0.124 e. The number of benzene rings is 1. The van der Waals surface area contributed by atoms with Crippen LogP contribution in [-0.4, -0.2) is 6.10 Å². The molecule has 2 nitrogen and oxygen atoms in total. The highest BCUT2D eigenvalue weighted by Crippen LogP contribution is 2.29. The lowest BCUT2D eigenvalue weighted by molar-refractivity contribution is 0.207. The zero-order chi connectivity index (χ0) is 11.5. The van der Waals surface area contributed by atoms with Gasteiger partial charge in [-0.15, -0.1) is 0 Å². The normalized spacial score (nSPS) is 18.7. The second-order valence-electron chi connectivity index (χ2n) is 4.50. The van der Waals surface area contributed by atoms with Gasteiger partial charge in [-0.05, 0) is 50.8 Å². The van der Waals surface area contributed by atoms with Gasteiger partial charge in [-0.25, -0.2) is 4.39 Å². The van der Waals surface area contributed by atoms with Crippen LogP contribution in [0.25, 0.3) is 0 Å². The molecule has 0 amide bonds. The minimum absolute atomic E-state index is 0.202. The average Bonchev–Trinajstić information content (AvgIpc) is 2.73. The van der Waals surface area contributed by atoms with Gasteiger partial charge in [0.2, 0.25) is 0 Å². The lowest BCUT2D eigenvalue weighted by atomic mass is 10.1. The highest BCUT2D eigenvalue weighted by atomic mass is 19.1. The van der Waals surface area contributed by atoms with Crippen LogP contribution in [0.4, 0.5) is 4.39 Å². The molecule has 1 atom stereocenters. The summed E-state index contributed by atoms with van der Waals surface area (Å²) in [7, 11) is 0. The van der Waals surface area contributed by atoms with Gasteiger partial charge in [-0.3, -0.25) is 0 Å². The molecule has 3 heteroatoms. The lowest BCUT2D eigenvalue weighted by Crippen LogP contribution is -2.15. The molecule has 1 fully saturated rings. The Morgan fingerprint density at radius 2 is 2.06 bits per heavy atom. The molecule has 0 unspecified atom stereocenters. The van der Waals surface area contributed by atoms with Crippen molar-refractivity contribution in [1.29, 1.82) is 0 Å². The van der Waals surface area contributed by atoms with Gasteiger partial charge in [0.25, 0.3) is 0 Å². The van der Waals surface area contributed by atoms with E-state index in [9.17, 15) is 4.39 Å². The van der Waals surface area contributed by atoms with Gasteiger partial charge >= 0.3 is 0 Å². The van der Waals surface area contributed by atoms with Crippen LogP contribution in [0.5, 0.6) is 5.75 Å². The predicted octanol–water partition coefficient (Wildman–Crippen LogP) is 3.17. The fourth-order valence-corrected chi connectivity index (χ4v) is 2.17. The number of halogens is 1. The highest BCUT2D eigenvalue weighted by Gasteiger charge is 2.19. The summed E-state index contributed by atoms with van der Waals surface area (Å²) in [5.74, 6) is 0.481. The van der Waals surface area contributed by atoms with Crippen molar-refractivity contribution < 1.29 is 9.13 Å². The number of rotatable bonds is 3. The van der Waals surface area contributed by atoms with E-state index in [1.165, 1.54) is 25.0 Å². The van der Waals surface area contributed by atoms with Gasteiger partial charge in [0, 0.05) is 11.6 Å². The Bertz CT molecular complexity index is 359. The largest absolute Gasteiger partial charge is 0.490 e. The molecule has 1 aliphatic carbocycles. The SMILES string of the molecule is C[C@@H](N)c1cc(F)ccc1OC1CCCC1. The first-order valence-corrected chi connectivity index (χ1v) is 5.88. The quantitative estimate of drug-likeness (QED) is 0.854. The van der Waals surface area contributed by atoms with E-state index in [1.54, 1.807) is 6.07 Å². The van der Waals surface area contributed by atoms with Crippen LogP contribution >= 0.6 is 0 Å². The van der Waals surface area contributed by atoms with Crippen LogP contribution in [0.15, 0.2) is 18.2 Å². The molecule has 1 aromatic rings. The summed E-state index contributed by atoms with van der Waals surface area (Å²) in [4.78, 5) is 0. The zero-order valence-corrected chi connectivity index (χ0v) is 9.58. The van der Waals surface area contributed by atoms with E-state index < -0.39 is 0 Å². The second-order valence-corrected chi connectivity index (χ2v) is 4.50. The molecular weight excluding hydrogens is 205 g/mol. The smallest absolute Gasteiger partial charge is 0.124 e. The Balaban J connectivity index is 2.18. The van der Waals surface area contributed by atoms with Gasteiger partial charge in [0.1, 0.15) is 11.6 Å². The molecule has 0 bridgehead atoms. The first-order chi connectivity index (χ1) is 7.66. The average molecular weight is 223 g/mol. The first kappa shape index (κ1) is 11.4. The lowest BCUT2D eigenvalue weighted by Gasteiger charge is -2.18. The molecule has 0 spiro atoms. The van der Waals surface area contributed by atoms with E-state index in [1.807, 2.05) is 6.92 Å². The molecule has 16 heavy (non-hydrogen) atoms. The van der Waals surface area contributed by atoms with E-state index in [-0.39, 0.29) is 18.0 Å². The minimum atomic E-state index is -0.258. The number of hydrogen-bond acceptors (Lipinski definition) is 2. The van der Waals surface area contributed by atoms with Crippen LogP contribution in [0.1, 0.15) is 44.2 Å². The maximum atomic E-state index is 13.1. The summed E-state index contributed by atoms with van der Waals surface area (Å²) in [6, 6.07) is 4.38. The monoisotopic (exact) mass is 223 g/mol. The highest BCUT2D eigenvalue weighted by molar-refractivity contribution is 5.36. The van der Waals surface area contributed by atoms with Crippen molar-refractivity contribution >= 4 is 0 Å². The van der Waals surface area contributed by atoms with Crippen LogP contribution in [0.2, 0.25) is 0 Å². The topological polar surface area (TPSA) is 35.2 Å². The van der Waals surface area contributed by atoms with E-state index in [4.69, 9.17) is 10.5 Å². The Kier molecular flexibility index (Phi) is 3.44. The Morgan fingerprint density at radius 3 is 2.69 bits per heavy atom. The Hall–Kier alpha value is -1.09. The Labute approximate surface area is 95.6 Å². The third-order valence-electron chi connectivity index (χ3n) is 3.06. The van der Waals surface area contributed by atoms with E-state index in [0.717, 1.165) is 24.2 Å². The standard InChI is InChI=1S/C13H18FNO/c1-9(15)12-8-10(14)6-7-13(12)16-11-4-2-3-5-11/h6-9,11H,2-5,15H2,1H3/t9-/m1/s1. The van der Waals surface area contributed by atoms with E-state index in [2.05, 4.69) is 0 Å². The number of hydrogen-bond donors (Lipinski definition) is 1. The van der Waals surface area contributed by atoms with Gasteiger partial charge in [0.05, 0.1) is 6.10 Å². The predicted molar refractivity (Wildman–Crippen MR) is 61.9 cm³/mol. The molecule has 0 aliphatic heterocycles. The molecule has 2 rings (SSSR count). The van der Waals surface area contributed by atoms with Gasteiger partial charge in [-0.2, -0.15) is 0 Å². The van der Waals surface area contributed by atoms with Crippen molar-refractivity contribution in [3.8, 4) is 5.75 Å². The first-order valence-electron chi connectivity index (χ1n) is 5.88. The van der Waals surface area contributed by atoms with Crippen LogP contribution in [-0.2, 0) is 0 Å². The molecule has 0 radical (unpaired) electrons. The maximum absolute atomic E-state index is 13.1. The van der Waals surface area contributed by atoms with Crippen molar-refractivity contribution in [1.82, 2.24) is 0 Å². The summed E-state index contributed by atoms with van der Waals surface area (Å²) in [5, 5.41) is 0. The van der Waals surface area contributed by atoms with Gasteiger partial charge in [0.15, 0.2) is 0 Å².